The lowest BCUT2D eigenvalue weighted by molar-refractivity contribution is 0.414. The van der Waals surface area contributed by atoms with Gasteiger partial charge in [-0.1, -0.05) is 0 Å². The van der Waals surface area contributed by atoms with Crippen LogP contribution in [-0.2, 0) is 9.05 Å². The minimum atomic E-state index is -3.95. The molecule has 0 heterocycles. The van der Waals surface area contributed by atoms with Gasteiger partial charge >= 0.3 is 0 Å². The van der Waals surface area contributed by atoms with Crippen LogP contribution < -0.4 is 4.74 Å². The lowest BCUT2D eigenvalue weighted by atomic mass is 10.3. The fourth-order valence-corrected chi connectivity index (χ4v) is 1.87. The van der Waals surface area contributed by atoms with E-state index in [1.807, 2.05) is 0 Å². The van der Waals surface area contributed by atoms with E-state index in [9.17, 15) is 13.3 Å². The van der Waals surface area contributed by atoms with E-state index in [1.54, 1.807) is 0 Å². The number of rotatable bonds is 3. The first-order chi connectivity index (χ1) is 6.49. The summed E-state index contributed by atoms with van der Waals surface area (Å²) in [6, 6.07) is 3.74. The van der Waals surface area contributed by atoms with Crippen LogP contribution in [0.15, 0.2) is 28.3 Å². The molecule has 0 atom stereocenters. The van der Waals surface area contributed by atoms with Crippen LogP contribution in [0.1, 0.15) is 0 Å². The average molecular weight is 236 g/mol. The molecule has 0 aliphatic heterocycles. The molecule has 0 spiro atoms. The van der Waals surface area contributed by atoms with Crippen molar-refractivity contribution in [1.82, 2.24) is 0 Å². The SMILES string of the molecule is COc1ccc(S(=O)(=O)Cl)c(N=O)c1. The van der Waals surface area contributed by atoms with Gasteiger partial charge in [0.05, 0.1) is 7.11 Å². The first kappa shape index (κ1) is 10.9. The summed E-state index contributed by atoms with van der Waals surface area (Å²) in [7, 11) is 2.51. The predicted molar refractivity (Wildman–Crippen MR) is 51.5 cm³/mol. The number of ether oxygens (including phenoxy) is 1. The summed E-state index contributed by atoms with van der Waals surface area (Å²) in [5.41, 5.74) is -0.264. The largest absolute Gasteiger partial charge is 0.497 e. The van der Waals surface area contributed by atoms with Crippen LogP contribution >= 0.6 is 10.7 Å². The normalized spacial score (nSPS) is 11.0. The Labute approximate surface area is 85.0 Å². The van der Waals surface area contributed by atoms with Gasteiger partial charge in [-0.3, -0.25) is 0 Å². The molecule has 0 radical (unpaired) electrons. The fourth-order valence-electron chi connectivity index (χ4n) is 0.902. The maximum absolute atomic E-state index is 10.9. The van der Waals surface area contributed by atoms with E-state index in [0.717, 1.165) is 6.07 Å². The van der Waals surface area contributed by atoms with E-state index >= 15 is 0 Å². The molecule has 0 unspecified atom stereocenters. The number of hydrogen-bond donors (Lipinski definition) is 0. The molecule has 0 bridgehead atoms. The molecule has 0 saturated heterocycles. The highest BCUT2D eigenvalue weighted by atomic mass is 35.7. The van der Waals surface area contributed by atoms with Crippen molar-refractivity contribution in [2.75, 3.05) is 7.11 Å². The quantitative estimate of drug-likeness (QED) is 0.594. The van der Waals surface area contributed by atoms with Gasteiger partial charge in [0, 0.05) is 16.7 Å². The van der Waals surface area contributed by atoms with E-state index in [0.29, 0.717) is 5.75 Å². The Morgan fingerprint density at radius 1 is 1.43 bits per heavy atom. The van der Waals surface area contributed by atoms with Gasteiger partial charge in [-0.25, -0.2) is 8.42 Å². The summed E-state index contributed by atoms with van der Waals surface area (Å²) in [5.74, 6) is 0.337. The summed E-state index contributed by atoms with van der Waals surface area (Å²) >= 11 is 0. The van der Waals surface area contributed by atoms with Crippen LogP contribution in [0.3, 0.4) is 0 Å². The summed E-state index contributed by atoms with van der Waals surface area (Å²) in [4.78, 5) is 9.99. The number of benzene rings is 1. The second-order valence-electron chi connectivity index (χ2n) is 2.36. The number of hydrogen-bond acceptors (Lipinski definition) is 5. The monoisotopic (exact) mass is 235 g/mol. The minimum Gasteiger partial charge on any atom is -0.497 e. The van der Waals surface area contributed by atoms with Crippen molar-refractivity contribution in [3.63, 3.8) is 0 Å². The summed E-state index contributed by atoms with van der Waals surface area (Å²) in [6.45, 7) is 0. The maximum Gasteiger partial charge on any atom is 0.263 e. The van der Waals surface area contributed by atoms with Crippen molar-refractivity contribution >= 4 is 25.4 Å². The van der Waals surface area contributed by atoms with E-state index in [1.165, 1.54) is 19.2 Å². The van der Waals surface area contributed by atoms with Crippen molar-refractivity contribution in [2.45, 2.75) is 4.90 Å². The topological polar surface area (TPSA) is 72.8 Å². The molecule has 76 valence electrons. The molecule has 7 heteroatoms. The van der Waals surface area contributed by atoms with Crippen LogP contribution in [0.4, 0.5) is 5.69 Å². The Morgan fingerprint density at radius 2 is 2.07 bits per heavy atom. The Morgan fingerprint density at radius 3 is 2.50 bits per heavy atom. The van der Waals surface area contributed by atoms with Gasteiger partial charge in [0.25, 0.3) is 9.05 Å². The molecular formula is C7H6ClNO4S. The first-order valence-electron chi connectivity index (χ1n) is 3.45. The fraction of sp³-hybridized carbons (Fsp3) is 0.143. The highest BCUT2D eigenvalue weighted by Crippen LogP contribution is 2.30. The highest BCUT2D eigenvalue weighted by Gasteiger charge is 2.16. The highest BCUT2D eigenvalue weighted by molar-refractivity contribution is 8.13. The van der Waals surface area contributed by atoms with Crippen molar-refractivity contribution in [1.29, 1.82) is 0 Å². The lowest BCUT2D eigenvalue weighted by Gasteiger charge is -2.02. The van der Waals surface area contributed by atoms with E-state index in [-0.39, 0.29) is 10.6 Å². The Kier molecular flexibility index (Phi) is 3.07. The molecule has 0 N–H and O–H groups in total. The third kappa shape index (κ3) is 2.21. The van der Waals surface area contributed by atoms with E-state index < -0.39 is 9.05 Å². The number of halogens is 1. The molecule has 1 aromatic carbocycles. The number of methoxy groups -OCH3 is 1. The summed E-state index contributed by atoms with van der Waals surface area (Å²) < 4.78 is 26.7. The Bertz CT molecular complexity index is 457. The van der Waals surface area contributed by atoms with Gasteiger partial charge in [-0.15, -0.1) is 4.91 Å². The maximum atomic E-state index is 10.9. The van der Waals surface area contributed by atoms with Crippen molar-refractivity contribution in [2.24, 2.45) is 5.18 Å². The molecule has 0 fully saturated rings. The molecule has 0 aliphatic rings. The zero-order valence-corrected chi connectivity index (χ0v) is 8.67. The van der Waals surface area contributed by atoms with E-state index in [2.05, 4.69) is 5.18 Å². The van der Waals surface area contributed by atoms with Crippen molar-refractivity contribution < 1.29 is 13.2 Å². The van der Waals surface area contributed by atoms with Gasteiger partial charge in [0.1, 0.15) is 16.3 Å². The first-order valence-corrected chi connectivity index (χ1v) is 5.76. The van der Waals surface area contributed by atoms with Crippen molar-refractivity contribution in [3.8, 4) is 5.75 Å². The molecular weight excluding hydrogens is 230 g/mol. The zero-order chi connectivity index (χ0) is 10.8. The molecule has 14 heavy (non-hydrogen) atoms. The van der Waals surface area contributed by atoms with Gasteiger partial charge in [0.15, 0.2) is 0 Å². The van der Waals surface area contributed by atoms with Crippen LogP contribution in [0.2, 0.25) is 0 Å². The van der Waals surface area contributed by atoms with Gasteiger partial charge in [-0.2, -0.15) is 0 Å². The van der Waals surface area contributed by atoms with Crippen LogP contribution in [-0.4, -0.2) is 15.5 Å². The second kappa shape index (κ2) is 3.93. The molecule has 1 rings (SSSR count). The van der Waals surface area contributed by atoms with E-state index in [4.69, 9.17) is 15.4 Å². The third-order valence-electron chi connectivity index (χ3n) is 1.53. The third-order valence-corrected chi connectivity index (χ3v) is 2.90. The molecule has 1 aromatic rings. The van der Waals surface area contributed by atoms with Crippen LogP contribution in [0.5, 0.6) is 5.75 Å². The van der Waals surface area contributed by atoms with Gasteiger partial charge in [-0.05, 0) is 17.3 Å². The lowest BCUT2D eigenvalue weighted by Crippen LogP contribution is -1.92. The molecule has 0 aromatic heterocycles. The smallest absolute Gasteiger partial charge is 0.263 e. The van der Waals surface area contributed by atoms with Crippen molar-refractivity contribution in [3.05, 3.63) is 23.1 Å². The molecule has 5 nitrogen and oxygen atoms in total. The summed E-state index contributed by atoms with van der Waals surface area (Å²) in [6.07, 6.45) is 0. The summed E-state index contributed by atoms with van der Waals surface area (Å²) in [5, 5.41) is 2.55. The average Bonchev–Trinajstić information content (AvgIpc) is 2.15. The molecule has 0 aliphatic carbocycles. The standard InChI is InChI=1S/C7H6ClNO4S/c1-13-5-2-3-7(14(8,11)12)6(4-5)9-10/h2-4H,1H3. The van der Waals surface area contributed by atoms with Crippen LogP contribution in [0.25, 0.3) is 0 Å². The Balaban J connectivity index is 3.40. The zero-order valence-electron chi connectivity index (χ0n) is 7.10. The number of nitroso groups, excluding NO2 is 1. The van der Waals surface area contributed by atoms with Gasteiger partial charge < -0.3 is 4.74 Å². The predicted octanol–water partition coefficient (Wildman–Crippen LogP) is 2.02. The number of nitrogens with zero attached hydrogens (tertiary/aromatic N) is 1. The Hall–Kier alpha value is -1.14. The van der Waals surface area contributed by atoms with Crippen LogP contribution in [0, 0.1) is 4.91 Å². The minimum absolute atomic E-state index is 0.264. The second-order valence-corrected chi connectivity index (χ2v) is 4.90. The molecule has 0 saturated carbocycles. The molecule has 0 amide bonds. The van der Waals surface area contributed by atoms with Gasteiger partial charge in [0.2, 0.25) is 0 Å².